The Balaban J connectivity index is 1.26. The Morgan fingerprint density at radius 3 is 2.21 bits per heavy atom. The first-order valence-electron chi connectivity index (χ1n) is 14.0. The maximum Gasteiger partial charge on any atom is 0.238 e. The minimum Gasteiger partial charge on any atom is -0.508 e. The van der Waals surface area contributed by atoms with E-state index in [2.05, 4.69) is 15.9 Å². The van der Waals surface area contributed by atoms with Crippen LogP contribution in [0, 0.1) is 17.8 Å². The number of imide groups is 1. The number of ketones is 3. The van der Waals surface area contributed by atoms with Crippen molar-refractivity contribution in [3.05, 3.63) is 129 Å². The zero-order chi connectivity index (χ0) is 30.0. The number of halogens is 1. The number of phenolic OH excluding ortho intramolecular Hbond substituents is 1. The number of anilines is 1. The van der Waals surface area contributed by atoms with E-state index in [0.29, 0.717) is 33.5 Å². The van der Waals surface area contributed by atoms with Gasteiger partial charge in [-0.25, -0.2) is 0 Å². The highest BCUT2D eigenvalue weighted by molar-refractivity contribution is 9.12. The van der Waals surface area contributed by atoms with E-state index in [-0.39, 0.29) is 52.2 Å². The summed E-state index contributed by atoms with van der Waals surface area (Å²) < 4.78 is 0.146. The highest BCUT2D eigenvalue weighted by Crippen LogP contribution is 2.56. The van der Waals surface area contributed by atoms with E-state index in [1.54, 1.807) is 66.7 Å². The van der Waals surface area contributed by atoms with E-state index in [1.165, 1.54) is 17.0 Å². The molecule has 4 atom stereocenters. The van der Waals surface area contributed by atoms with Crippen molar-refractivity contribution in [2.75, 3.05) is 4.90 Å². The summed E-state index contributed by atoms with van der Waals surface area (Å²) in [6.45, 7) is 0. The van der Waals surface area contributed by atoms with E-state index in [9.17, 15) is 29.1 Å². The van der Waals surface area contributed by atoms with Gasteiger partial charge in [-0.1, -0.05) is 60.2 Å². The molecular weight excluding hydrogens is 610 g/mol. The average molecular weight is 634 g/mol. The van der Waals surface area contributed by atoms with E-state index in [0.717, 1.165) is 5.57 Å². The van der Waals surface area contributed by atoms with Gasteiger partial charge in [0.05, 0.1) is 22.0 Å². The van der Waals surface area contributed by atoms with Crippen molar-refractivity contribution in [1.82, 2.24) is 0 Å². The van der Waals surface area contributed by atoms with E-state index < -0.39 is 23.7 Å². The molecule has 1 heterocycles. The SMILES string of the molecule is O=C1C=C(Br)C(=O)C2=C1C(c1ccccc1O)C1=CCC3C(=O)N(c4ccc(C(=O)c5ccccc5)cc4)C(=O)C3C1C2. The molecule has 4 aliphatic rings. The smallest absolute Gasteiger partial charge is 0.238 e. The second kappa shape index (κ2) is 10.2. The molecule has 0 bridgehead atoms. The quantitative estimate of drug-likeness (QED) is 0.174. The predicted molar refractivity (Wildman–Crippen MR) is 161 cm³/mol. The van der Waals surface area contributed by atoms with Gasteiger partial charge >= 0.3 is 0 Å². The Kier molecular flexibility index (Phi) is 6.47. The molecule has 43 heavy (non-hydrogen) atoms. The van der Waals surface area contributed by atoms with Crippen LogP contribution in [0.25, 0.3) is 0 Å². The van der Waals surface area contributed by atoms with Gasteiger partial charge in [0.1, 0.15) is 5.75 Å². The zero-order valence-electron chi connectivity index (χ0n) is 22.7. The maximum atomic E-state index is 14.1. The third kappa shape index (κ3) is 4.19. The molecule has 3 aromatic rings. The molecule has 212 valence electrons. The Labute approximate surface area is 255 Å². The van der Waals surface area contributed by atoms with Gasteiger partial charge in [0, 0.05) is 39.8 Å². The van der Waals surface area contributed by atoms with Gasteiger partial charge in [0.25, 0.3) is 0 Å². The first-order chi connectivity index (χ1) is 20.8. The molecule has 1 fully saturated rings. The van der Waals surface area contributed by atoms with Crippen LogP contribution in [0.5, 0.6) is 5.75 Å². The van der Waals surface area contributed by atoms with Gasteiger partial charge in [-0.3, -0.25) is 28.9 Å². The molecule has 1 N–H and O–H groups in total. The van der Waals surface area contributed by atoms with Crippen molar-refractivity contribution in [1.29, 1.82) is 0 Å². The summed E-state index contributed by atoms with van der Waals surface area (Å²) in [6.07, 6.45) is 3.60. The molecule has 0 spiro atoms. The molecular formula is C35H24BrNO6. The predicted octanol–water partition coefficient (Wildman–Crippen LogP) is 5.59. The molecule has 7 rings (SSSR count). The molecule has 0 saturated carbocycles. The lowest BCUT2D eigenvalue weighted by molar-refractivity contribution is -0.123. The van der Waals surface area contributed by atoms with Gasteiger partial charge in [-0.15, -0.1) is 0 Å². The van der Waals surface area contributed by atoms with Crippen molar-refractivity contribution in [3.8, 4) is 5.75 Å². The van der Waals surface area contributed by atoms with Gasteiger partial charge < -0.3 is 5.11 Å². The minimum atomic E-state index is -0.742. The highest BCUT2D eigenvalue weighted by atomic mass is 79.9. The average Bonchev–Trinajstić information content (AvgIpc) is 3.28. The van der Waals surface area contributed by atoms with Crippen LogP contribution in [0.1, 0.15) is 40.2 Å². The Hall–Kier alpha value is -4.69. The van der Waals surface area contributed by atoms with Crippen LogP contribution in [-0.4, -0.2) is 34.3 Å². The number of fused-ring (bicyclic) bond motifs is 3. The summed E-state index contributed by atoms with van der Waals surface area (Å²) in [6, 6.07) is 22.0. The molecule has 0 aromatic heterocycles. The second-order valence-electron chi connectivity index (χ2n) is 11.2. The molecule has 8 heteroatoms. The Morgan fingerprint density at radius 1 is 0.814 bits per heavy atom. The number of rotatable bonds is 4. The molecule has 2 amide bonds. The van der Waals surface area contributed by atoms with Crippen molar-refractivity contribution < 1.29 is 29.1 Å². The van der Waals surface area contributed by atoms with Crippen LogP contribution in [0.4, 0.5) is 5.69 Å². The number of amides is 2. The number of hydrogen-bond donors (Lipinski definition) is 1. The van der Waals surface area contributed by atoms with E-state index in [1.807, 2.05) is 12.1 Å². The molecule has 4 unspecified atom stereocenters. The van der Waals surface area contributed by atoms with Crippen LogP contribution in [0.2, 0.25) is 0 Å². The van der Waals surface area contributed by atoms with Crippen molar-refractivity contribution in [2.24, 2.45) is 17.8 Å². The normalized spacial score (nSPS) is 24.7. The number of carbonyl (C=O) groups excluding carboxylic acids is 5. The number of Topliss-reactive ketones (excluding diaryl/α,β-unsaturated/α-hetero) is 1. The van der Waals surface area contributed by atoms with E-state index in [4.69, 9.17) is 0 Å². The van der Waals surface area contributed by atoms with E-state index >= 15 is 0 Å². The fourth-order valence-electron chi connectivity index (χ4n) is 7.07. The summed E-state index contributed by atoms with van der Waals surface area (Å²) in [4.78, 5) is 68.6. The zero-order valence-corrected chi connectivity index (χ0v) is 24.3. The number of hydrogen-bond acceptors (Lipinski definition) is 6. The standard InChI is InChI=1S/C35H24BrNO6/c36-26-17-28(39)31-25(33(26)41)16-24-21(29(31)22-8-4-5-9-27(22)38)14-15-23-30(24)35(43)37(34(23)42)20-12-10-19(11-13-20)32(40)18-6-2-1-3-7-18/h1-14,17,23-24,29-30,38H,15-16H2. The highest BCUT2D eigenvalue weighted by Gasteiger charge is 2.56. The molecule has 1 saturated heterocycles. The summed E-state index contributed by atoms with van der Waals surface area (Å²) in [5, 5.41) is 10.8. The fraction of sp³-hybridized carbons (Fsp3) is 0.171. The van der Waals surface area contributed by atoms with Crippen LogP contribution < -0.4 is 4.90 Å². The number of allylic oxidation sites excluding steroid dienone is 6. The number of phenols is 1. The largest absolute Gasteiger partial charge is 0.508 e. The summed E-state index contributed by atoms with van der Waals surface area (Å²) in [5.41, 5.74) is 3.20. The summed E-state index contributed by atoms with van der Waals surface area (Å²) in [7, 11) is 0. The molecule has 0 radical (unpaired) electrons. The van der Waals surface area contributed by atoms with Crippen LogP contribution in [0.15, 0.2) is 112 Å². The van der Waals surface area contributed by atoms with Gasteiger partial charge in [0.15, 0.2) is 17.3 Å². The number of aromatic hydroxyl groups is 1. The van der Waals surface area contributed by atoms with Crippen LogP contribution in [-0.2, 0) is 19.2 Å². The molecule has 3 aliphatic carbocycles. The number of carbonyl (C=O) groups is 5. The van der Waals surface area contributed by atoms with Crippen LogP contribution >= 0.6 is 15.9 Å². The van der Waals surface area contributed by atoms with Gasteiger partial charge in [-0.05, 0) is 65.0 Å². The maximum absolute atomic E-state index is 14.1. The van der Waals surface area contributed by atoms with Crippen LogP contribution in [0.3, 0.4) is 0 Å². The lowest BCUT2D eigenvalue weighted by Crippen LogP contribution is -2.39. The number of para-hydroxylation sites is 1. The minimum absolute atomic E-state index is 0.0162. The lowest BCUT2D eigenvalue weighted by atomic mass is 9.59. The number of benzene rings is 3. The topological polar surface area (TPSA) is 109 Å². The molecule has 1 aliphatic heterocycles. The molecule has 7 nitrogen and oxygen atoms in total. The lowest BCUT2D eigenvalue weighted by Gasteiger charge is -2.42. The van der Waals surface area contributed by atoms with Gasteiger partial charge in [-0.2, -0.15) is 0 Å². The van der Waals surface area contributed by atoms with Crippen molar-refractivity contribution in [2.45, 2.75) is 18.8 Å². The van der Waals surface area contributed by atoms with Crippen molar-refractivity contribution >= 4 is 50.8 Å². The summed E-state index contributed by atoms with van der Waals surface area (Å²) >= 11 is 3.22. The fourth-order valence-corrected chi connectivity index (χ4v) is 7.51. The third-order valence-corrected chi connectivity index (χ3v) is 9.59. The Bertz CT molecular complexity index is 1850. The molecule has 3 aromatic carbocycles. The first kappa shape index (κ1) is 27.2. The summed E-state index contributed by atoms with van der Waals surface area (Å²) in [5.74, 6) is -4.15. The monoisotopic (exact) mass is 633 g/mol. The first-order valence-corrected chi connectivity index (χ1v) is 14.8. The third-order valence-electron chi connectivity index (χ3n) is 9.00. The second-order valence-corrected chi connectivity index (χ2v) is 12.1. The van der Waals surface area contributed by atoms with Gasteiger partial charge in [0.2, 0.25) is 11.8 Å². The Morgan fingerprint density at radius 2 is 1.49 bits per heavy atom. The van der Waals surface area contributed by atoms with Crippen molar-refractivity contribution in [3.63, 3.8) is 0 Å². The number of nitrogens with zero attached hydrogens (tertiary/aromatic N) is 1.